The molecule has 0 spiro atoms. The van der Waals surface area contributed by atoms with Gasteiger partial charge in [0.25, 0.3) is 0 Å². The van der Waals surface area contributed by atoms with Crippen molar-refractivity contribution in [3.8, 4) is 0 Å². The van der Waals surface area contributed by atoms with Crippen LogP contribution in [0, 0.1) is 5.41 Å². The Morgan fingerprint density at radius 3 is 2.39 bits per heavy atom. The van der Waals surface area contributed by atoms with E-state index < -0.39 is 11.6 Å². The van der Waals surface area contributed by atoms with Crippen LogP contribution in [-0.4, -0.2) is 29.2 Å². The van der Waals surface area contributed by atoms with Crippen LogP contribution in [0.15, 0.2) is 0 Å². The highest BCUT2D eigenvalue weighted by atomic mass is 16.3. The molecule has 0 aromatic rings. The smallest absolute Gasteiger partial charge is 0.237 e. The minimum atomic E-state index is -0.739. The largest absolute Gasteiger partial charge is 0.388 e. The van der Waals surface area contributed by atoms with Gasteiger partial charge in [0.15, 0.2) is 0 Å². The third-order valence-corrected chi connectivity index (χ3v) is 4.06. The maximum Gasteiger partial charge on any atom is 0.237 e. The number of hydrogen-bond donors (Lipinski definition) is 3. The van der Waals surface area contributed by atoms with Gasteiger partial charge < -0.3 is 16.2 Å². The summed E-state index contributed by atoms with van der Waals surface area (Å²) in [6.45, 7) is 6.79. The zero-order valence-electron chi connectivity index (χ0n) is 12.0. The van der Waals surface area contributed by atoms with Gasteiger partial charge in [-0.1, -0.05) is 27.2 Å². The highest BCUT2D eigenvalue weighted by Crippen LogP contribution is 2.39. The molecule has 4 heteroatoms. The van der Waals surface area contributed by atoms with Crippen LogP contribution in [0.25, 0.3) is 0 Å². The highest BCUT2D eigenvalue weighted by molar-refractivity contribution is 5.81. The summed E-state index contributed by atoms with van der Waals surface area (Å²) in [5.41, 5.74) is 5.31. The van der Waals surface area contributed by atoms with Crippen LogP contribution in [0.4, 0.5) is 0 Å². The fraction of sp³-hybridized carbons (Fsp3) is 0.929. The van der Waals surface area contributed by atoms with Crippen molar-refractivity contribution in [2.75, 3.05) is 6.54 Å². The quantitative estimate of drug-likeness (QED) is 0.699. The molecule has 4 nitrogen and oxygen atoms in total. The van der Waals surface area contributed by atoms with E-state index in [1.807, 2.05) is 6.92 Å². The molecule has 18 heavy (non-hydrogen) atoms. The Kier molecular flexibility index (Phi) is 5.17. The fourth-order valence-corrected chi connectivity index (χ4v) is 2.39. The number of rotatable bonds is 5. The molecule has 1 saturated carbocycles. The van der Waals surface area contributed by atoms with Crippen molar-refractivity contribution in [1.29, 1.82) is 0 Å². The van der Waals surface area contributed by atoms with E-state index >= 15 is 0 Å². The Hall–Kier alpha value is -0.610. The number of carbonyl (C=O) groups is 1. The van der Waals surface area contributed by atoms with Crippen LogP contribution in [-0.2, 0) is 4.79 Å². The number of amides is 1. The summed E-state index contributed by atoms with van der Waals surface area (Å²) in [6.07, 6.45) is 5.09. The highest BCUT2D eigenvalue weighted by Gasteiger charge is 2.36. The topological polar surface area (TPSA) is 75.4 Å². The van der Waals surface area contributed by atoms with Crippen molar-refractivity contribution in [2.45, 2.75) is 70.9 Å². The van der Waals surface area contributed by atoms with Crippen molar-refractivity contribution < 1.29 is 9.90 Å². The minimum absolute atomic E-state index is 0.143. The summed E-state index contributed by atoms with van der Waals surface area (Å²) < 4.78 is 0. The molecule has 0 aliphatic heterocycles. The van der Waals surface area contributed by atoms with Crippen molar-refractivity contribution >= 4 is 5.91 Å². The number of nitrogens with one attached hydrogen (secondary N) is 1. The molecule has 0 bridgehead atoms. The zero-order valence-corrected chi connectivity index (χ0v) is 12.0. The van der Waals surface area contributed by atoms with Gasteiger partial charge in [-0.3, -0.25) is 4.79 Å². The van der Waals surface area contributed by atoms with Crippen molar-refractivity contribution in [3.63, 3.8) is 0 Å². The molecule has 1 rings (SSSR count). The van der Waals surface area contributed by atoms with Crippen LogP contribution in [0.5, 0.6) is 0 Å². The van der Waals surface area contributed by atoms with E-state index in [9.17, 15) is 9.90 Å². The van der Waals surface area contributed by atoms with Gasteiger partial charge in [-0.2, -0.15) is 0 Å². The first-order chi connectivity index (χ1) is 8.28. The second-order valence-corrected chi connectivity index (χ2v) is 6.50. The molecule has 0 saturated heterocycles. The Bertz CT molecular complexity index is 280. The van der Waals surface area contributed by atoms with Gasteiger partial charge in [-0.15, -0.1) is 0 Å². The van der Waals surface area contributed by atoms with Crippen LogP contribution in [0.2, 0.25) is 0 Å². The average molecular weight is 256 g/mol. The van der Waals surface area contributed by atoms with Crippen LogP contribution < -0.4 is 11.1 Å². The van der Waals surface area contributed by atoms with E-state index in [4.69, 9.17) is 5.73 Å². The number of carbonyl (C=O) groups excluding carboxylic acids is 1. The Labute approximate surface area is 110 Å². The third-order valence-electron chi connectivity index (χ3n) is 4.06. The lowest BCUT2D eigenvalue weighted by Crippen LogP contribution is -2.50. The molecular weight excluding hydrogens is 228 g/mol. The first kappa shape index (κ1) is 15.4. The first-order valence-electron chi connectivity index (χ1n) is 7.04. The van der Waals surface area contributed by atoms with Crippen LogP contribution in [0.1, 0.15) is 59.3 Å². The lowest BCUT2D eigenvalue weighted by Gasteiger charge is -2.40. The van der Waals surface area contributed by atoms with Crippen molar-refractivity contribution in [2.24, 2.45) is 11.1 Å². The Morgan fingerprint density at radius 2 is 1.89 bits per heavy atom. The van der Waals surface area contributed by atoms with E-state index in [0.29, 0.717) is 18.4 Å². The van der Waals surface area contributed by atoms with Gasteiger partial charge in [0.05, 0.1) is 11.6 Å². The third kappa shape index (κ3) is 4.58. The lowest BCUT2D eigenvalue weighted by atomic mass is 9.71. The standard InChI is InChI=1S/C14H28N2O2/c1-4-5-11(15)12(17)16-10-14(18)8-6-13(2,3)7-9-14/h11,18H,4-10,15H2,1-3H3,(H,16,17)/t11-/m1/s1. The van der Waals surface area contributed by atoms with E-state index in [2.05, 4.69) is 19.2 Å². The normalized spacial score (nSPS) is 23.4. The molecule has 1 aliphatic carbocycles. The molecule has 106 valence electrons. The Balaban J connectivity index is 2.37. The van der Waals surface area contributed by atoms with Gasteiger partial charge in [0.1, 0.15) is 0 Å². The molecule has 0 unspecified atom stereocenters. The molecule has 1 amide bonds. The van der Waals surface area contributed by atoms with E-state index in [-0.39, 0.29) is 5.91 Å². The van der Waals surface area contributed by atoms with Crippen LogP contribution in [0.3, 0.4) is 0 Å². The Morgan fingerprint density at radius 1 is 1.33 bits per heavy atom. The number of aliphatic hydroxyl groups is 1. The summed E-state index contributed by atoms with van der Waals surface area (Å²) in [7, 11) is 0. The predicted molar refractivity (Wildman–Crippen MR) is 73.1 cm³/mol. The van der Waals surface area contributed by atoms with Gasteiger partial charge in [0, 0.05) is 6.54 Å². The fourth-order valence-electron chi connectivity index (χ4n) is 2.39. The van der Waals surface area contributed by atoms with E-state index in [1.54, 1.807) is 0 Å². The maximum absolute atomic E-state index is 11.7. The van der Waals surface area contributed by atoms with E-state index in [0.717, 1.165) is 32.1 Å². The van der Waals surface area contributed by atoms with Gasteiger partial charge in [-0.25, -0.2) is 0 Å². The molecule has 0 heterocycles. The maximum atomic E-state index is 11.7. The molecule has 1 aliphatic rings. The number of nitrogens with two attached hydrogens (primary N) is 1. The van der Waals surface area contributed by atoms with Crippen molar-refractivity contribution in [3.05, 3.63) is 0 Å². The molecular formula is C14H28N2O2. The van der Waals surface area contributed by atoms with Gasteiger partial charge in [-0.05, 0) is 37.5 Å². The lowest BCUT2D eigenvalue weighted by molar-refractivity contribution is -0.124. The second-order valence-electron chi connectivity index (χ2n) is 6.50. The molecule has 1 atom stereocenters. The predicted octanol–water partition coefficient (Wildman–Crippen LogP) is 1.56. The SMILES string of the molecule is CCC[C@@H](N)C(=O)NCC1(O)CCC(C)(C)CC1. The summed E-state index contributed by atoms with van der Waals surface area (Å²) in [4.78, 5) is 11.7. The average Bonchev–Trinajstić information content (AvgIpc) is 2.31. The number of hydrogen-bond acceptors (Lipinski definition) is 3. The second kappa shape index (κ2) is 6.02. The first-order valence-corrected chi connectivity index (χ1v) is 7.04. The van der Waals surface area contributed by atoms with E-state index in [1.165, 1.54) is 0 Å². The summed E-state index contributed by atoms with van der Waals surface area (Å²) in [5.74, 6) is -0.143. The molecule has 0 radical (unpaired) electrons. The molecule has 0 aromatic carbocycles. The van der Waals surface area contributed by atoms with Crippen LogP contribution >= 0.6 is 0 Å². The monoisotopic (exact) mass is 256 g/mol. The molecule has 4 N–H and O–H groups in total. The zero-order chi connectivity index (χ0) is 13.8. The summed E-state index contributed by atoms with van der Waals surface area (Å²) >= 11 is 0. The van der Waals surface area contributed by atoms with Gasteiger partial charge in [0.2, 0.25) is 5.91 Å². The summed E-state index contributed by atoms with van der Waals surface area (Å²) in [5, 5.41) is 13.2. The van der Waals surface area contributed by atoms with Crippen molar-refractivity contribution in [1.82, 2.24) is 5.32 Å². The summed E-state index contributed by atoms with van der Waals surface area (Å²) in [6, 6.07) is -0.446. The minimum Gasteiger partial charge on any atom is -0.388 e. The van der Waals surface area contributed by atoms with Gasteiger partial charge >= 0.3 is 0 Å². The molecule has 1 fully saturated rings. The molecule has 0 aromatic heterocycles.